The van der Waals surface area contributed by atoms with Crippen molar-refractivity contribution in [3.8, 4) is 0 Å². The van der Waals surface area contributed by atoms with Gasteiger partial charge in [0.25, 0.3) is 0 Å². The number of halogens is 3. The minimum atomic E-state index is -0.209. The zero-order valence-electron chi connectivity index (χ0n) is 11.3. The number of hydrogen-bond donors (Lipinski definition) is 0. The topological polar surface area (TPSA) is 9.23 Å². The monoisotopic (exact) mass is 366 g/mol. The summed E-state index contributed by atoms with van der Waals surface area (Å²) in [5.74, 6) is 1.01. The molecular formula is C15H21BrCl2O. The summed E-state index contributed by atoms with van der Waals surface area (Å²) in [7, 11) is 0. The Morgan fingerprint density at radius 3 is 2.53 bits per heavy atom. The smallest absolute Gasteiger partial charge is 0.0475 e. The molecule has 0 radical (unpaired) electrons. The second-order valence-corrected chi connectivity index (χ2v) is 6.22. The number of alkyl halides is 2. The molecule has 1 aromatic carbocycles. The zero-order chi connectivity index (χ0) is 14.1. The Morgan fingerprint density at radius 2 is 1.95 bits per heavy atom. The van der Waals surface area contributed by atoms with Gasteiger partial charge < -0.3 is 4.74 Å². The van der Waals surface area contributed by atoms with Crippen LogP contribution in [0.3, 0.4) is 0 Å². The van der Waals surface area contributed by atoms with Gasteiger partial charge in [-0.15, -0.1) is 23.2 Å². The third-order valence-corrected chi connectivity index (χ3v) is 4.83. The van der Waals surface area contributed by atoms with E-state index in [2.05, 4.69) is 35.0 Å². The van der Waals surface area contributed by atoms with E-state index in [1.54, 1.807) is 0 Å². The van der Waals surface area contributed by atoms with Gasteiger partial charge in [-0.05, 0) is 30.5 Å². The highest BCUT2D eigenvalue weighted by Gasteiger charge is 2.30. The summed E-state index contributed by atoms with van der Waals surface area (Å²) in [5, 5.41) is 0. The molecule has 0 aliphatic rings. The third kappa shape index (κ3) is 5.26. The molecule has 19 heavy (non-hydrogen) atoms. The van der Waals surface area contributed by atoms with Crippen LogP contribution in [0.2, 0.25) is 0 Å². The summed E-state index contributed by atoms with van der Waals surface area (Å²) in [6.45, 7) is 3.67. The summed E-state index contributed by atoms with van der Waals surface area (Å²) < 4.78 is 6.71. The molecule has 0 aromatic heterocycles. The van der Waals surface area contributed by atoms with Crippen molar-refractivity contribution in [1.29, 1.82) is 0 Å². The van der Waals surface area contributed by atoms with E-state index < -0.39 is 0 Å². The Bertz CT molecular complexity index is 367. The molecule has 0 unspecified atom stereocenters. The predicted octanol–water partition coefficient (Wildman–Crippen LogP) is 5.37. The molecule has 0 saturated carbocycles. The van der Waals surface area contributed by atoms with Crippen LogP contribution in [0, 0.1) is 0 Å². The van der Waals surface area contributed by atoms with Crippen molar-refractivity contribution in [1.82, 2.24) is 0 Å². The van der Waals surface area contributed by atoms with Gasteiger partial charge in [-0.1, -0.05) is 41.4 Å². The van der Waals surface area contributed by atoms with Crippen molar-refractivity contribution in [3.63, 3.8) is 0 Å². The molecule has 0 heterocycles. The van der Waals surface area contributed by atoms with Crippen molar-refractivity contribution in [2.24, 2.45) is 0 Å². The van der Waals surface area contributed by atoms with E-state index in [0.717, 1.165) is 30.3 Å². The Hall–Kier alpha value is 0.240. The molecular weight excluding hydrogens is 347 g/mol. The third-order valence-electron chi connectivity index (χ3n) is 3.32. The van der Waals surface area contributed by atoms with Crippen LogP contribution in [0.25, 0.3) is 0 Å². The van der Waals surface area contributed by atoms with Crippen LogP contribution >= 0.6 is 39.1 Å². The number of unbranched alkanes of at least 4 members (excludes halogenated alkanes) is 1. The zero-order valence-corrected chi connectivity index (χ0v) is 14.4. The number of hydrogen-bond acceptors (Lipinski definition) is 1. The molecule has 0 amide bonds. The molecule has 108 valence electrons. The summed E-state index contributed by atoms with van der Waals surface area (Å²) in [6, 6.07) is 8.21. The van der Waals surface area contributed by atoms with Crippen molar-refractivity contribution in [3.05, 3.63) is 34.3 Å². The van der Waals surface area contributed by atoms with Gasteiger partial charge in [-0.3, -0.25) is 0 Å². The fourth-order valence-corrected chi connectivity index (χ4v) is 3.16. The second kappa shape index (κ2) is 9.23. The molecule has 0 spiro atoms. The SMILES string of the molecule is CCCCOCCC(CCl)(CCl)c1cccc(Br)c1. The van der Waals surface area contributed by atoms with Crippen LogP contribution in [0.15, 0.2) is 28.7 Å². The van der Waals surface area contributed by atoms with Gasteiger partial charge in [0.2, 0.25) is 0 Å². The Kier molecular flexibility index (Phi) is 8.40. The second-order valence-electron chi connectivity index (χ2n) is 4.77. The van der Waals surface area contributed by atoms with Gasteiger partial charge in [0.05, 0.1) is 0 Å². The molecule has 1 rings (SSSR count). The Morgan fingerprint density at radius 1 is 1.21 bits per heavy atom. The van der Waals surface area contributed by atoms with Gasteiger partial charge in [0.15, 0.2) is 0 Å². The largest absolute Gasteiger partial charge is 0.381 e. The number of ether oxygens (including phenoxy) is 1. The first-order valence-electron chi connectivity index (χ1n) is 6.64. The highest BCUT2D eigenvalue weighted by atomic mass is 79.9. The van der Waals surface area contributed by atoms with E-state index in [1.165, 1.54) is 5.56 Å². The summed E-state index contributed by atoms with van der Waals surface area (Å²) >= 11 is 15.9. The molecule has 0 atom stereocenters. The fraction of sp³-hybridized carbons (Fsp3) is 0.600. The van der Waals surface area contributed by atoms with E-state index in [1.807, 2.05) is 12.1 Å². The van der Waals surface area contributed by atoms with Crippen LogP contribution in [-0.4, -0.2) is 25.0 Å². The maximum absolute atomic E-state index is 6.20. The first kappa shape index (κ1) is 17.3. The van der Waals surface area contributed by atoms with Gasteiger partial charge in [-0.25, -0.2) is 0 Å². The maximum atomic E-state index is 6.20. The molecule has 1 nitrogen and oxygen atoms in total. The highest BCUT2D eigenvalue weighted by molar-refractivity contribution is 9.10. The normalized spacial score (nSPS) is 11.8. The average molecular weight is 368 g/mol. The predicted molar refractivity (Wildman–Crippen MR) is 87.6 cm³/mol. The first-order valence-corrected chi connectivity index (χ1v) is 8.50. The van der Waals surface area contributed by atoms with Crippen LogP contribution < -0.4 is 0 Å². The van der Waals surface area contributed by atoms with Gasteiger partial charge in [0, 0.05) is 34.9 Å². The van der Waals surface area contributed by atoms with Gasteiger partial charge >= 0.3 is 0 Å². The van der Waals surface area contributed by atoms with Crippen molar-refractivity contribution < 1.29 is 4.74 Å². The van der Waals surface area contributed by atoms with E-state index >= 15 is 0 Å². The minimum Gasteiger partial charge on any atom is -0.381 e. The lowest BCUT2D eigenvalue weighted by Gasteiger charge is -2.30. The molecule has 0 aliphatic carbocycles. The van der Waals surface area contributed by atoms with Crippen molar-refractivity contribution in [2.45, 2.75) is 31.6 Å². The van der Waals surface area contributed by atoms with Crippen LogP contribution in [-0.2, 0) is 10.2 Å². The standard InChI is InChI=1S/C15H21BrCl2O/c1-2-3-8-19-9-7-15(11-17,12-18)13-5-4-6-14(16)10-13/h4-6,10H,2-3,7-9,11-12H2,1H3. The van der Waals surface area contributed by atoms with E-state index in [0.29, 0.717) is 18.4 Å². The lowest BCUT2D eigenvalue weighted by atomic mass is 9.81. The number of rotatable bonds is 9. The van der Waals surface area contributed by atoms with Gasteiger partial charge in [-0.2, -0.15) is 0 Å². The molecule has 1 aromatic rings. The summed E-state index contributed by atoms with van der Waals surface area (Å²) in [6.07, 6.45) is 3.10. The highest BCUT2D eigenvalue weighted by Crippen LogP contribution is 2.32. The fourth-order valence-electron chi connectivity index (χ4n) is 1.90. The van der Waals surface area contributed by atoms with Gasteiger partial charge in [0.1, 0.15) is 0 Å². The first-order chi connectivity index (χ1) is 9.18. The summed E-state index contributed by atoms with van der Waals surface area (Å²) in [5.41, 5.74) is 0.963. The lowest BCUT2D eigenvalue weighted by Crippen LogP contribution is -2.32. The van der Waals surface area contributed by atoms with Crippen LogP contribution in [0.1, 0.15) is 31.7 Å². The van der Waals surface area contributed by atoms with Crippen molar-refractivity contribution in [2.75, 3.05) is 25.0 Å². The van der Waals surface area contributed by atoms with E-state index in [4.69, 9.17) is 27.9 Å². The Labute approximate surface area is 134 Å². The van der Waals surface area contributed by atoms with E-state index in [9.17, 15) is 0 Å². The minimum absolute atomic E-state index is 0.209. The van der Waals surface area contributed by atoms with E-state index in [-0.39, 0.29) is 5.41 Å². The molecule has 4 heteroatoms. The molecule has 0 N–H and O–H groups in total. The summed E-state index contributed by atoms with van der Waals surface area (Å²) in [4.78, 5) is 0. The molecule has 0 bridgehead atoms. The van der Waals surface area contributed by atoms with Crippen molar-refractivity contribution >= 4 is 39.1 Å². The molecule has 0 saturated heterocycles. The molecule has 0 fully saturated rings. The number of benzene rings is 1. The van der Waals surface area contributed by atoms with Crippen LogP contribution in [0.4, 0.5) is 0 Å². The Balaban J connectivity index is 2.68. The maximum Gasteiger partial charge on any atom is 0.0475 e. The lowest BCUT2D eigenvalue weighted by molar-refractivity contribution is 0.116. The quantitative estimate of drug-likeness (QED) is 0.421. The molecule has 0 aliphatic heterocycles. The average Bonchev–Trinajstić information content (AvgIpc) is 2.43. The van der Waals surface area contributed by atoms with Crippen LogP contribution in [0.5, 0.6) is 0 Å².